The van der Waals surface area contributed by atoms with Crippen molar-refractivity contribution in [1.29, 1.82) is 0 Å². The Hall–Kier alpha value is -0.790. The molecule has 0 saturated carbocycles. The maximum absolute atomic E-state index is 10.8. The smallest absolute Gasteiger partial charge is 0.744 e. The average molecular weight is 262 g/mol. The van der Waals surface area contributed by atoms with E-state index in [1.54, 1.807) is 0 Å². The molecule has 0 amide bonds. The van der Waals surface area contributed by atoms with Crippen molar-refractivity contribution in [3.8, 4) is 11.5 Å². The van der Waals surface area contributed by atoms with E-state index in [0.29, 0.717) is 5.39 Å². The van der Waals surface area contributed by atoms with Crippen molar-refractivity contribution >= 4 is 20.9 Å². The average Bonchev–Trinajstić information content (AvgIpc) is 2.15. The molecule has 0 bridgehead atoms. The molecule has 0 aliphatic heterocycles. The molecule has 0 aliphatic rings. The molecular weight excluding hydrogens is 255 g/mol. The molecule has 2 N–H and O–H groups in total. The molecule has 2 rings (SSSR count). The summed E-state index contributed by atoms with van der Waals surface area (Å²) in [6.45, 7) is 0. The molecule has 2 aromatic carbocycles. The van der Waals surface area contributed by atoms with Crippen molar-refractivity contribution in [3.05, 3.63) is 30.3 Å². The Morgan fingerprint density at radius 2 is 1.71 bits per heavy atom. The summed E-state index contributed by atoms with van der Waals surface area (Å²) in [6, 6.07) is 5.98. The summed E-state index contributed by atoms with van der Waals surface area (Å²) in [5.74, 6) is -0.414. The predicted octanol–water partition coefficient (Wildman–Crippen LogP) is -1.84. The normalized spacial score (nSPS) is 11.1. The minimum atomic E-state index is -4.54. The van der Waals surface area contributed by atoms with Crippen molar-refractivity contribution in [3.63, 3.8) is 0 Å². The van der Waals surface area contributed by atoms with Gasteiger partial charge < -0.3 is 14.8 Å². The minimum Gasteiger partial charge on any atom is -0.744 e. The number of hydrogen-bond donors (Lipinski definition) is 2. The number of fused-ring (bicyclic) bond motifs is 1. The van der Waals surface area contributed by atoms with Gasteiger partial charge in [0, 0.05) is 11.5 Å². The van der Waals surface area contributed by atoms with Crippen LogP contribution in [0.4, 0.5) is 0 Å². The van der Waals surface area contributed by atoms with E-state index in [4.69, 9.17) is 0 Å². The van der Waals surface area contributed by atoms with Gasteiger partial charge in [-0.25, -0.2) is 8.42 Å². The molecule has 0 atom stereocenters. The zero-order valence-corrected chi connectivity index (χ0v) is 11.7. The quantitative estimate of drug-likeness (QED) is 0.465. The zero-order valence-electron chi connectivity index (χ0n) is 8.91. The summed E-state index contributed by atoms with van der Waals surface area (Å²) >= 11 is 0. The number of rotatable bonds is 1. The van der Waals surface area contributed by atoms with Crippen LogP contribution in [0.3, 0.4) is 0 Å². The van der Waals surface area contributed by atoms with Crippen molar-refractivity contribution in [2.75, 3.05) is 0 Å². The van der Waals surface area contributed by atoms with Crippen LogP contribution in [0.25, 0.3) is 10.8 Å². The Bertz CT molecular complexity index is 666. The van der Waals surface area contributed by atoms with E-state index in [1.807, 2.05) is 0 Å². The summed E-state index contributed by atoms with van der Waals surface area (Å²) in [5, 5.41) is 19.3. The first-order valence-electron chi connectivity index (χ1n) is 4.29. The van der Waals surface area contributed by atoms with Crippen LogP contribution in [0.1, 0.15) is 0 Å². The molecule has 84 valence electrons. The first-order chi connectivity index (χ1) is 7.38. The van der Waals surface area contributed by atoms with Crippen LogP contribution in [-0.2, 0) is 10.1 Å². The Morgan fingerprint density at radius 3 is 2.29 bits per heavy atom. The topological polar surface area (TPSA) is 97.7 Å². The molecule has 17 heavy (non-hydrogen) atoms. The number of phenolic OH excluding ortho intramolecular Hbond substituents is 2. The van der Waals surface area contributed by atoms with Crippen molar-refractivity contribution in [2.45, 2.75) is 4.90 Å². The molecular formula is C10H7NaO5S. The van der Waals surface area contributed by atoms with E-state index >= 15 is 0 Å². The maximum atomic E-state index is 10.8. The number of hydrogen-bond acceptors (Lipinski definition) is 5. The molecule has 0 fully saturated rings. The maximum Gasteiger partial charge on any atom is 1.00 e. The molecule has 0 saturated heterocycles. The predicted molar refractivity (Wildman–Crippen MR) is 55.2 cm³/mol. The van der Waals surface area contributed by atoms with Crippen LogP contribution >= 0.6 is 0 Å². The summed E-state index contributed by atoms with van der Waals surface area (Å²) in [4.78, 5) is -0.416. The van der Waals surface area contributed by atoms with E-state index in [0.717, 1.165) is 18.2 Å². The molecule has 0 spiro atoms. The van der Waals surface area contributed by atoms with Crippen molar-refractivity contribution in [1.82, 2.24) is 0 Å². The third-order valence-corrected chi connectivity index (χ3v) is 3.01. The number of phenols is 2. The van der Waals surface area contributed by atoms with Crippen LogP contribution < -0.4 is 29.6 Å². The molecule has 7 heteroatoms. The number of benzene rings is 2. The number of aromatic hydroxyl groups is 2. The standard InChI is InChI=1S/C10H8O5S.Na/c11-7-3-6-1-2-8(16(13,14)15)5-9(6)10(12)4-7;/h1-5,11-12H,(H,13,14,15);/q;+1/p-1. The van der Waals surface area contributed by atoms with Gasteiger partial charge in [0.25, 0.3) is 0 Å². The first kappa shape index (κ1) is 14.3. The second kappa shape index (κ2) is 4.83. The van der Waals surface area contributed by atoms with E-state index < -0.39 is 15.0 Å². The van der Waals surface area contributed by atoms with Gasteiger partial charge in [0.2, 0.25) is 0 Å². The Balaban J connectivity index is 0.00000144. The molecule has 0 radical (unpaired) electrons. The molecule has 0 aromatic heterocycles. The van der Waals surface area contributed by atoms with E-state index in [-0.39, 0.29) is 46.4 Å². The summed E-state index contributed by atoms with van der Waals surface area (Å²) in [6.07, 6.45) is 0. The van der Waals surface area contributed by atoms with E-state index in [1.165, 1.54) is 12.1 Å². The fourth-order valence-corrected chi connectivity index (χ4v) is 1.95. The third kappa shape index (κ3) is 2.91. The van der Waals surface area contributed by atoms with Gasteiger partial charge in [0.05, 0.1) is 4.90 Å². The Labute approximate surface area is 120 Å². The largest absolute Gasteiger partial charge is 1.00 e. The van der Waals surface area contributed by atoms with E-state index in [2.05, 4.69) is 0 Å². The van der Waals surface area contributed by atoms with Gasteiger partial charge in [-0.3, -0.25) is 0 Å². The van der Waals surface area contributed by atoms with Crippen LogP contribution in [0, 0.1) is 0 Å². The third-order valence-electron chi connectivity index (χ3n) is 2.18. The van der Waals surface area contributed by atoms with Crippen LogP contribution in [0.2, 0.25) is 0 Å². The fourth-order valence-electron chi connectivity index (χ4n) is 1.46. The van der Waals surface area contributed by atoms with Crippen molar-refractivity contribution in [2.24, 2.45) is 0 Å². The van der Waals surface area contributed by atoms with Gasteiger partial charge in [-0.15, -0.1) is 0 Å². The minimum absolute atomic E-state index is 0. The molecule has 0 aliphatic carbocycles. The van der Waals surface area contributed by atoms with Crippen LogP contribution in [0.15, 0.2) is 35.2 Å². The molecule has 0 unspecified atom stereocenters. The second-order valence-corrected chi connectivity index (χ2v) is 4.68. The summed E-state index contributed by atoms with van der Waals surface area (Å²) in [5.41, 5.74) is 0. The summed E-state index contributed by atoms with van der Waals surface area (Å²) < 4.78 is 32.3. The molecule has 0 heterocycles. The van der Waals surface area contributed by atoms with Crippen LogP contribution in [-0.4, -0.2) is 23.2 Å². The monoisotopic (exact) mass is 262 g/mol. The van der Waals surface area contributed by atoms with Gasteiger partial charge in [0.1, 0.15) is 21.6 Å². The summed E-state index contributed by atoms with van der Waals surface area (Å²) in [7, 11) is -4.54. The van der Waals surface area contributed by atoms with Gasteiger partial charge in [-0.1, -0.05) is 6.07 Å². The van der Waals surface area contributed by atoms with Crippen LogP contribution in [0.5, 0.6) is 11.5 Å². The Morgan fingerprint density at radius 1 is 1.06 bits per heavy atom. The fraction of sp³-hybridized carbons (Fsp3) is 0. The first-order valence-corrected chi connectivity index (χ1v) is 5.70. The Kier molecular flexibility index (Phi) is 4.06. The van der Waals surface area contributed by atoms with E-state index in [9.17, 15) is 23.2 Å². The van der Waals surface area contributed by atoms with Gasteiger partial charge in [-0.2, -0.15) is 0 Å². The zero-order chi connectivity index (χ0) is 11.9. The van der Waals surface area contributed by atoms with Crippen molar-refractivity contribution < 1.29 is 52.7 Å². The second-order valence-electron chi connectivity index (χ2n) is 3.30. The molecule has 5 nitrogen and oxygen atoms in total. The van der Waals surface area contributed by atoms with Gasteiger partial charge in [-0.05, 0) is 23.6 Å². The van der Waals surface area contributed by atoms with Gasteiger partial charge in [0.15, 0.2) is 0 Å². The van der Waals surface area contributed by atoms with Gasteiger partial charge >= 0.3 is 29.6 Å². The molecule has 2 aromatic rings. The SMILES string of the molecule is O=S(=O)([O-])c1ccc2cc(O)cc(O)c2c1.[Na+].